The van der Waals surface area contributed by atoms with Crippen molar-refractivity contribution in [3.8, 4) is 0 Å². The Bertz CT molecular complexity index is 1470. The molecule has 0 radical (unpaired) electrons. The molecule has 1 amide bonds. The first-order valence-corrected chi connectivity index (χ1v) is 12.6. The second-order valence-electron chi connectivity index (χ2n) is 8.11. The van der Waals surface area contributed by atoms with Gasteiger partial charge in [-0.05, 0) is 61.4 Å². The van der Waals surface area contributed by atoms with Gasteiger partial charge in [0.15, 0.2) is 11.5 Å². The van der Waals surface area contributed by atoms with Crippen molar-refractivity contribution in [2.45, 2.75) is 36.6 Å². The lowest BCUT2D eigenvalue weighted by Crippen LogP contribution is -2.39. The van der Waals surface area contributed by atoms with Crippen LogP contribution in [0.15, 0.2) is 39.6 Å². The number of fused-ring (bicyclic) bond motifs is 3. The summed E-state index contributed by atoms with van der Waals surface area (Å²) in [5.41, 5.74) is 8.31. The summed E-state index contributed by atoms with van der Waals surface area (Å²) in [5.74, 6) is 0.256. The van der Waals surface area contributed by atoms with Crippen LogP contribution in [0.1, 0.15) is 24.0 Å². The molecule has 0 aliphatic carbocycles. The summed E-state index contributed by atoms with van der Waals surface area (Å²) < 4.78 is 29.3. The Balaban J connectivity index is 1.65. The summed E-state index contributed by atoms with van der Waals surface area (Å²) in [4.78, 5) is 18.5. The first kappa shape index (κ1) is 20.8. The summed E-state index contributed by atoms with van der Waals surface area (Å²) in [5, 5.41) is 9.91. The lowest BCUT2D eigenvalue weighted by atomic mass is 9.96. The van der Waals surface area contributed by atoms with Crippen molar-refractivity contribution >= 4 is 48.8 Å². The van der Waals surface area contributed by atoms with Gasteiger partial charge in [0.2, 0.25) is 20.8 Å². The molecular formula is C21H22N6O3S2. The number of amides is 1. The number of anilines is 1. The zero-order chi connectivity index (χ0) is 22.6. The number of piperidine rings is 1. The van der Waals surface area contributed by atoms with Gasteiger partial charge in [0, 0.05) is 19.0 Å². The summed E-state index contributed by atoms with van der Waals surface area (Å²) in [7, 11) is -3.91. The Kier molecular flexibility index (Phi) is 4.90. The molecule has 9 nitrogen and oxygen atoms in total. The van der Waals surface area contributed by atoms with Crippen LogP contribution in [0.2, 0.25) is 0 Å². The number of hydrogen-bond donors (Lipinski definition) is 1. The average Bonchev–Trinajstić information content (AvgIpc) is 3.42. The summed E-state index contributed by atoms with van der Waals surface area (Å²) >= 11 is 1.51. The number of aromatic nitrogens is 4. The van der Waals surface area contributed by atoms with Gasteiger partial charge in [0.1, 0.15) is 0 Å². The van der Waals surface area contributed by atoms with Crippen molar-refractivity contribution in [2.75, 3.05) is 18.0 Å². The van der Waals surface area contributed by atoms with Gasteiger partial charge < -0.3 is 10.6 Å². The lowest BCUT2D eigenvalue weighted by Gasteiger charge is -2.31. The number of rotatable bonds is 4. The molecule has 1 fully saturated rings. The van der Waals surface area contributed by atoms with E-state index >= 15 is 0 Å². The minimum atomic E-state index is -3.91. The zero-order valence-electron chi connectivity index (χ0n) is 17.6. The van der Waals surface area contributed by atoms with E-state index in [1.165, 1.54) is 15.9 Å². The van der Waals surface area contributed by atoms with Crippen LogP contribution in [0.25, 0.3) is 15.9 Å². The number of primary amides is 1. The fourth-order valence-electron chi connectivity index (χ4n) is 4.06. The number of nitrogens with two attached hydrogens (primary N) is 1. The molecule has 4 heterocycles. The highest BCUT2D eigenvalue weighted by Crippen LogP contribution is 2.35. The number of carbonyl (C=O) groups excluding carboxylic acids is 1. The van der Waals surface area contributed by atoms with Crippen molar-refractivity contribution in [3.63, 3.8) is 0 Å². The molecule has 3 aromatic heterocycles. The first-order chi connectivity index (χ1) is 15.3. The molecule has 0 unspecified atom stereocenters. The van der Waals surface area contributed by atoms with Crippen molar-refractivity contribution in [3.05, 3.63) is 40.8 Å². The maximum Gasteiger partial charge on any atom is 0.229 e. The summed E-state index contributed by atoms with van der Waals surface area (Å²) in [6, 6.07) is 6.90. The van der Waals surface area contributed by atoms with Crippen LogP contribution in [0.5, 0.6) is 0 Å². The van der Waals surface area contributed by atoms with Crippen LogP contribution >= 0.6 is 11.3 Å². The molecular weight excluding hydrogens is 448 g/mol. The van der Waals surface area contributed by atoms with E-state index in [0.29, 0.717) is 31.7 Å². The van der Waals surface area contributed by atoms with E-state index in [-0.39, 0.29) is 27.4 Å². The second kappa shape index (κ2) is 7.52. The molecule has 32 heavy (non-hydrogen) atoms. The van der Waals surface area contributed by atoms with Gasteiger partial charge in [-0.15, -0.1) is 16.4 Å². The van der Waals surface area contributed by atoms with Gasteiger partial charge in [0.05, 0.1) is 15.1 Å². The average molecular weight is 471 g/mol. The largest absolute Gasteiger partial charge is 0.369 e. The Hall–Kier alpha value is -3.05. The molecule has 1 aliphatic heterocycles. The summed E-state index contributed by atoms with van der Waals surface area (Å²) in [6.07, 6.45) is 1.28. The molecule has 0 atom stereocenters. The highest BCUT2D eigenvalue weighted by atomic mass is 32.2. The second-order valence-corrected chi connectivity index (χ2v) is 10.9. The van der Waals surface area contributed by atoms with Crippen molar-refractivity contribution in [1.82, 2.24) is 19.8 Å². The van der Waals surface area contributed by atoms with Gasteiger partial charge in [-0.1, -0.05) is 11.3 Å². The monoisotopic (exact) mass is 470 g/mol. The zero-order valence-corrected chi connectivity index (χ0v) is 19.3. The number of carbonyl (C=O) groups is 1. The SMILES string of the molecule is Cc1ccc(S(=O)(=O)c2nnn3c2nc(N2CCC(C(N)=O)CC2)c2sccc23)cc1C. The van der Waals surface area contributed by atoms with Gasteiger partial charge in [-0.2, -0.15) is 4.52 Å². The third-order valence-electron chi connectivity index (χ3n) is 6.14. The topological polar surface area (TPSA) is 124 Å². The number of aryl methyl sites for hydroxylation is 2. The molecule has 0 spiro atoms. The van der Waals surface area contributed by atoms with E-state index in [2.05, 4.69) is 15.2 Å². The fourth-order valence-corrected chi connectivity index (χ4v) is 6.27. The fraction of sp³-hybridized carbons (Fsp3) is 0.333. The van der Waals surface area contributed by atoms with Crippen LogP contribution in [0, 0.1) is 19.8 Å². The highest BCUT2D eigenvalue weighted by molar-refractivity contribution is 7.91. The molecule has 11 heteroatoms. The van der Waals surface area contributed by atoms with Crippen molar-refractivity contribution in [2.24, 2.45) is 11.7 Å². The van der Waals surface area contributed by atoms with E-state index in [1.54, 1.807) is 18.2 Å². The third kappa shape index (κ3) is 3.23. The molecule has 1 aromatic carbocycles. The Morgan fingerprint density at radius 1 is 1.16 bits per heavy atom. The Morgan fingerprint density at radius 3 is 2.59 bits per heavy atom. The van der Waals surface area contributed by atoms with Crippen molar-refractivity contribution in [1.29, 1.82) is 0 Å². The van der Waals surface area contributed by atoms with Gasteiger partial charge in [-0.25, -0.2) is 13.4 Å². The van der Waals surface area contributed by atoms with Gasteiger partial charge in [-0.3, -0.25) is 4.79 Å². The molecule has 0 saturated carbocycles. The normalized spacial score (nSPS) is 15.6. The van der Waals surface area contributed by atoms with E-state index in [0.717, 1.165) is 21.3 Å². The number of benzene rings is 1. The first-order valence-electron chi connectivity index (χ1n) is 10.3. The van der Waals surface area contributed by atoms with Crippen LogP contribution in [0.3, 0.4) is 0 Å². The smallest absolute Gasteiger partial charge is 0.229 e. The number of nitrogens with zero attached hydrogens (tertiary/aromatic N) is 5. The van der Waals surface area contributed by atoms with E-state index in [4.69, 9.17) is 10.7 Å². The number of sulfone groups is 1. The van der Waals surface area contributed by atoms with Crippen LogP contribution < -0.4 is 10.6 Å². The molecule has 1 aliphatic rings. The molecule has 2 N–H and O–H groups in total. The van der Waals surface area contributed by atoms with Gasteiger partial charge >= 0.3 is 0 Å². The Labute approximate surface area is 188 Å². The third-order valence-corrected chi connectivity index (χ3v) is 8.69. The molecule has 166 valence electrons. The molecule has 5 rings (SSSR count). The number of thiophene rings is 1. The maximum absolute atomic E-state index is 13.4. The minimum absolute atomic E-state index is 0.147. The van der Waals surface area contributed by atoms with Crippen LogP contribution in [-0.2, 0) is 14.6 Å². The van der Waals surface area contributed by atoms with Crippen LogP contribution in [-0.4, -0.2) is 47.2 Å². The maximum atomic E-state index is 13.4. The van der Waals surface area contributed by atoms with Crippen molar-refractivity contribution < 1.29 is 13.2 Å². The predicted octanol–water partition coefficient (Wildman–Crippen LogP) is 2.49. The molecule has 4 aromatic rings. The summed E-state index contributed by atoms with van der Waals surface area (Å²) in [6.45, 7) is 5.04. The Morgan fingerprint density at radius 2 is 1.91 bits per heavy atom. The standard InChI is InChI=1S/C21H22N6O3S2/c1-12-3-4-15(11-13(12)2)32(29,30)21-20-23-19(26-8-5-14(6-9-26)18(22)28)17-16(7-10-31-17)27(20)25-24-21/h3-4,7,10-11,14H,5-6,8-9H2,1-2H3,(H2,22,28). The molecule has 1 saturated heterocycles. The van der Waals surface area contributed by atoms with E-state index in [9.17, 15) is 13.2 Å². The minimum Gasteiger partial charge on any atom is -0.369 e. The highest BCUT2D eigenvalue weighted by Gasteiger charge is 2.30. The van der Waals surface area contributed by atoms with Gasteiger partial charge in [0.25, 0.3) is 0 Å². The quantitative estimate of drug-likeness (QED) is 0.486. The predicted molar refractivity (Wildman–Crippen MR) is 122 cm³/mol. The van der Waals surface area contributed by atoms with Crippen LogP contribution in [0.4, 0.5) is 5.82 Å². The van der Waals surface area contributed by atoms with E-state index < -0.39 is 9.84 Å². The molecule has 0 bridgehead atoms. The lowest BCUT2D eigenvalue weighted by molar-refractivity contribution is -0.122. The number of hydrogen-bond acceptors (Lipinski definition) is 8. The van der Waals surface area contributed by atoms with E-state index in [1.807, 2.05) is 25.3 Å².